The summed E-state index contributed by atoms with van der Waals surface area (Å²) >= 11 is 0. The SMILES string of the molecule is CC(CS(=O)(=O)Cl)O[Si](C)(C)C(C)(C)C. The Kier molecular flexibility index (Phi) is 4.86. The molecule has 0 bridgehead atoms. The maximum Gasteiger partial charge on any atom is 0.235 e. The van der Waals surface area contributed by atoms with E-state index in [1.165, 1.54) is 0 Å². The number of rotatable bonds is 4. The number of halogens is 1. The van der Waals surface area contributed by atoms with Crippen molar-refractivity contribution in [3.63, 3.8) is 0 Å². The highest BCUT2D eigenvalue weighted by Crippen LogP contribution is 2.37. The highest BCUT2D eigenvalue weighted by atomic mass is 35.7. The van der Waals surface area contributed by atoms with Crippen molar-refractivity contribution in [3.8, 4) is 0 Å². The van der Waals surface area contributed by atoms with Gasteiger partial charge in [-0.25, -0.2) is 8.42 Å². The molecule has 0 amide bonds. The highest BCUT2D eigenvalue weighted by molar-refractivity contribution is 8.13. The van der Waals surface area contributed by atoms with Crippen LogP contribution < -0.4 is 0 Å². The second kappa shape index (κ2) is 4.73. The van der Waals surface area contributed by atoms with Gasteiger partial charge < -0.3 is 4.43 Å². The van der Waals surface area contributed by atoms with E-state index < -0.39 is 17.4 Å². The minimum Gasteiger partial charge on any atom is -0.413 e. The summed E-state index contributed by atoms with van der Waals surface area (Å²) in [6.45, 7) is 12.3. The van der Waals surface area contributed by atoms with Gasteiger partial charge in [-0.05, 0) is 25.1 Å². The Morgan fingerprint density at radius 3 is 2.00 bits per heavy atom. The van der Waals surface area contributed by atoms with Gasteiger partial charge in [0.25, 0.3) is 0 Å². The van der Waals surface area contributed by atoms with E-state index in [9.17, 15) is 8.42 Å². The van der Waals surface area contributed by atoms with Gasteiger partial charge in [0.1, 0.15) is 0 Å². The second-order valence-electron chi connectivity index (χ2n) is 5.39. The Morgan fingerprint density at radius 2 is 1.73 bits per heavy atom. The third-order valence-corrected chi connectivity index (χ3v) is 8.59. The molecule has 0 fully saturated rings. The van der Waals surface area contributed by atoms with Crippen molar-refractivity contribution in [2.75, 3.05) is 5.75 Å². The van der Waals surface area contributed by atoms with E-state index >= 15 is 0 Å². The fourth-order valence-corrected chi connectivity index (χ4v) is 3.72. The monoisotopic (exact) mass is 272 g/mol. The van der Waals surface area contributed by atoms with Crippen LogP contribution in [0.1, 0.15) is 27.7 Å². The predicted molar refractivity (Wildman–Crippen MR) is 67.4 cm³/mol. The summed E-state index contributed by atoms with van der Waals surface area (Å²) in [4.78, 5) is 0. The van der Waals surface area contributed by atoms with Gasteiger partial charge in [-0.15, -0.1) is 0 Å². The van der Waals surface area contributed by atoms with Gasteiger partial charge in [0, 0.05) is 10.7 Å². The van der Waals surface area contributed by atoms with Gasteiger partial charge in [-0.2, -0.15) is 0 Å². The Labute approximate surface area is 98.7 Å². The molecule has 15 heavy (non-hydrogen) atoms. The van der Waals surface area contributed by atoms with E-state index in [0.29, 0.717) is 0 Å². The average Bonchev–Trinajstić information content (AvgIpc) is 1.75. The van der Waals surface area contributed by atoms with Crippen molar-refractivity contribution in [3.05, 3.63) is 0 Å². The van der Waals surface area contributed by atoms with Crippen LogP contribution in [-0.4, -0.2) is 28.6 Å². The molecule has 0 saturated heterocycles. The summed E-state index contributed by atoms with van der Waals surface area (Å²) in [6, 6.07) is 0. The average molecular weight is 273 g/mol. The molecule has 0 aromatic rings. The third kappa shape index (κ3) is 5.90. The molecule has 0 heterocycles. The summed E-state index contributed by atoms with van der Waals surface area (Å²) < 4.78 is 27.6. The quantitative estimate of drug-likeness (QED) is 0.584. The lowest BCUT2D eigenvalue weighted by Gasteiger charge is -2.38. The molecule has 1 atom stereocenters. The van der Waals surface area contributed by atoms with E-state index in [-0.39, 0.29) is 16.9 Å². The van der Waals surface area contributed by atoms with Crippen LogP contribution in [0.5, 0.6) is 0 Å². The van der Waals surface area contributed by atoms with Gasteiger partial charge in [0.15, 0.2) is 8.32 Å². The molecule has 0 aliphatic rings. The van der Waals surface area contributed by atoms with Crippen LogP contribution >= 0.6 is 10.7 Å². The molecule has 0 saturated carbocycles. The van der Waals surface area contributed by atoms with Crippen molar-refractivity contribution in [1.82, 2.24) is 0 Å². The molecular formula is C9H21ClO3SSi. The predicted octanol–water partition coefficient (Wildman–Crippen LogP) is 2.97. The van der Waals surface area contributed by atoms with Crippen molar-refractivity contribution in [1.29, 1.82) is 0 Å². The zero-order chi connectivity index (χ0) is 12.5. The molecular weight excluding hydrogens is 252 g/mol. The summed E-state index contributed by atoms with van der Waals surface area (Å²) in [5.74, 6) is -0.124. The van der Waals surface area contributed by atoms with Crippen LogP contribution in [0.3, 0.4) is 0 Å². The van der Waals surface area contributed by atoms with Crippen molar-refractivity contribution >= 4 is 28.1 Å². The lowest BCUT2D eigenvalue weighted by atomic mass is 10.2. The molecule has 6 heteroatoms. The molecule has 0 radical (unpaired) electrons. The Bertz CT molecular complexity index is 306. The van der Waals surface area contributed by atoms with E-state index in [1.807, 2.05) is 0 Å². The van der Waals surface area contributed by atoms with Crippen LogP contribution in [0.25, 0.3) is 0 Å². The van der Waals surface area contributed by atoms with Crippen molar-refractivity contribution in [2.24, 2.45) is 0 Å². The lowest BCUT2D eigenvalue weighted by Crippen LogP contribution is -2.44. The molecule has 0 aliphatic heterocycles. The van der Waals surface area contributed by atoms with Gasteiger partial charge in [-0.1, -0.05) is 20.8 Å². The summed E-state index contributed by atoms with van der Waals surface area (Å²) in [7, 11) is -0.184. The zero-order valence-corrected chi connectivity index (χ0v) is 12.9. The fourth-order valence-electron chi connectivity index (χ4n) is 0.994. The molecule has 0 N–H and O–H groups in total. The van der Waals surface area contributed by atoms with E-state index in [0.717, 1.165) is 0 Å². The third-order valence-electron chi connectivity index (χ3n) is 2.74. The zero-order valence-electron chi connectivity index (χ0n) is 10.3. The van der Waals surface area contributed by atoms with Gasteiger partial charge >= 0.3 is 0 Å². The van der Waals surface area contributed by atoms with E-state index in [4.69, 9.17) is 15.1 Å². The highest BCUT2D eigenvalue weighted by Gasteiger charge is 2.38. The molecule has 3 nitrogen and oxygen atoms in total. The first-order chi connectivity index (χ1) is 6.35. The molecule has 0 spiro atoms. The van der Waals surface area contributed by atoms with Crippen LogP contribution in [0.15, 0.2) is 0 Å². The summed E-state index contributed by atoms with van der Waals surface area (Å²) in [5.41, 5.74) is 0. The Balaban J connectivity index is 4.49. The molecule has 1 unspecified atom stereocenters. The maximum absolute atomic E-state index is 10.9. The van der Waals surface area contributed by atoms with E-state index in [2.05, 4.69) is 33.9 Å². The minimum absolute atomic E-state index is 0.0807. The summed E-state index contributed by atoms with van der Waals surface area (Å²) in [5, 5.41) is 0.0807. The lowest BCUT2D eigenvalue weighted by molar-refractivity contribution is 0.220. The second-order valence-corrected chi connectivity index (χ2v) is 13.0. The first-order valence-electron chi connectivity index (χ1n) is 4.95. The first-order valence-corrected chi connectivity index (χ1v) is 10.3. The van der Waals surface area contributed by atoms with E-state index in [1.54, 1.807) is 6.92 Å². The van der Waals surface area contributed by atoms with Crippen LogP contribution in [0.4, 0.5) is 0 Å². The van der Waals surface area contributed by atoms with Crippen molar-refractivity contribution in [2.45, 2.75) is 51.9 Å². The van der Waals surface area contributed by atoms with Crippen LogP contribution in [0, 0.1) is 0 Å². The molecule has 0 aromatic carbocycles. The van der Waals surface area contributed by atoms with Gasteiger partial charge in [-0.3, -0.25) is 0 Å². The summed E-state index contributed by atoms with van der Waals surface area (Å²) in [6.07, 6.45) is -0.339. The molecule has 0 aromatic heterocycles. The molecule has 0 rings (SSSR count). The molecule has 92 valence electrons. The molecule has 0 aliphatic carbocycles. The van der Waals surface area contributed by atoms with Crippen LogP contribution in [-0.2, 0) is 13.5 Å². The topological polar surface area (TPSA) is 43.4 Å². The largest absolute Gasteiger partial charge is 0.413 e. The smallest absolute Gasteiger partial charge is 0.235 e. The maximum atomic E-state index is 10.9. The normalized spacial score (nSPS) is 16.5. The first kappa shape index (κ1) is 15.4. The Hall–Kier alpha value is 0.417. The van der Waals surface area contributed by atoms with Crippen LogP contribution in [0.2, 0.25) is 18.1 Å². The number of hydrogen-bond donors (Lipinski definition) is 0. The van der Waals surface area contributed by atoms with Crippen molar-refractivity contribution < 1.29 is 12.8 Å². The fraction of sp³-hybridized carbons (Fsp3) is 1.00. The number of hydrogen-bond acceptors (Lipinski definition) is 3. The van der Waals surface area contributed by atoms with Gasteiger partial charge in [0.05, 0.1) is 11.9 Å². The Morgan fingerprint density at radius 1 is 1.33 bits per heavy atom. The minimum atomic E-state index is -3.47. The van der Waals surface area contributed by atoms with Gasteiger partial charge in [0.2, 0.25) is 9.05 Å². The standard InChI is InChI=1S/C9H21ClO3SSi/c1-8(7-14(10,11)12)13-15(5,6)9(2,3)4/h8H,7H2,1-6H3.